The molecule has 0 amide bonds. The van der Waals surface area contributed by atoms with Crippen molar-refractivity contribution < 1.29 is 17.8 Å². The van der Waals surface area contributed by atoms with Gasteiger partial charge in [-0.05, 0) is 31.2 Å². The number of ketones is 1. The molecule has 0 heterocycles. The first-order valence-corrected chi connectivity index (χ1v) is 7.22. The van der Waals surface area contributed by atoms with Crippen LogP contribution in [0.4, 0.5) is 8.78 Å². The van der Waals surface area contributed by atoms with Gasteiger partial charge in [-0.1, -0.05) is 23.8 Å². The second kappa shape index (κ2) is 6.05. The first-order valence-electron chi connectivity index (χ1n) is 5.90. The van der Waals surface area contributed by atoms with Crippen LogP contribution in [0.15, 0.2) is 47.4 Å². The molecule has 104 valence electrons. The highest BCUT2D eigenvalue weighted by molar-refractivity contribution is 7.85. The zero-order valence-electron chi connectivity index (χ0n) is 10.7. The maximum absolute atomic E-state index is 13.1. The highest BCUT2D eigenvalue weighted by atomic mass is 32.2. The van der Waals surface area contributed by atoms with E-state index >= 15 is 0 Å². The van der Waals surface area contributed by atoms with E-state index in [1.807, 2.05) is 13.0 Å². The summed E-state index contributed by atoms with van der Waals surface area (Å²) in [4.78, 5) is 12.1. The number of hydrogen-bond acceptors (Lipinski definition) is 2. The molecule has 0 aromatic heterocycles. The van der Waals surface area contributed by atoms with Crippen molar-refractivity contribution in [2.24, 2.45) is 0 Å². The predicted molar refractivity (Wildman–Crippen MR) is 73.1 cm³/mol. The molecule has 0 aliphatic carbocycles. The smallest absolute Gasteiger partial charge is 0.175 e. The van der Waals surface area contributed by atoms with E-state index in [1.54, 1.807) is 18.2 Å². The van der Waals surface area contributed by atoms with Gasteiger partial charge in [0, 0.05) is 10.5 Å². The number of carbonyl (C=O) groups is 1. The minimum atomic E-state index is -1.70. The molecular weight excluding hydrogens is 282 g/mol. The lowest BCUT2D eigenvalue weighted by Crippen LogP contribution is -2.11. The molecule has 0 fully saturated rings. The molecule has 2 aromatic rings. The van der Waals surface area contributed by atoms with Crippen molar-refractivity contribution in [3.8, 4) is 0 Å². The van der Waals surface area contributed by atoms with Crippen molar-refractivity contribution in [3.63, 3.8) is 0 Å². The van der Waals surface area contributed by atoms with Crippen LogP contribution in [0, 0.1) is 18.6 Å². The van der Waals surface area contributed by atoms with Gasteiger partial charge in [0.2, 0.25) is 0 Å². The molecule has 0 N–H and O–H groups in total. The van der Waals surface area contributed by atoms with Crippen LogP contribution >= 0.6 is 0 Å². The molecule has 2 rings (SSSR count). The number of Topliss-reactive ketones (excluding diaryl/α,β-unsaturated/α-hetero) is 1. The minimum Gasteiger partial charge on any atom is -0.293 e. The van der Waals surface area contributed by atoms with E-state index in [-0.39, 0.29) is 16.4 Å². The van der Waals surface area contributed by atoms with Crippen LogP contribution < -0.4 is 0 Å². The summed E-state index contributed by atoms with van der Waals surface area (Å²) in [5.74, 6) is -2.62. The quantitative estimate of drug-likeness (QED) is 0.811. The van der Waals surface area contributed by atoms with E-state index in [1.165, 1.54) is 6.07 Å². The van der Waals surface area contributed by atoms with Gasteiger partial charge in [-0.2, -0.15) is 0 Å². The fourth-order valence-electron chi connectivity index (χ4n) is 1.72. The van der Waals surface area contributed by atoms with Gasteiger partial charge in [-0.15, -0.1) is 0 Å². The van der Waals surface area contributed by atoms with Gasteiger partial charge >= 0.3 is 0 Å². The summed E-state index contributed by atoms with van der Waals surface area (Å²) in [7, 11) is -1.70. The molecule has 0 aliphatic rings. The Balaban J connectivity index is 2.15. The molecule has 0 radical (unpaired) electrons. The molecule has 0 saturated heterocycles. The zero-order valence-corrected chi connectivity index (χ0v) is 11.5. The van der Waals surface area contributed by atoms with Crippen LogP contribution in [-0.4, -0.2) is 15.7 Å². The molecule has 0 aliphatic heterocycles. The largest absolute Gasteiger partial charge is 0.293 e. The number of hydrogen-bond donors (Lipinski definition) is 0. The van der Waals surface area contributed by atoms with Crippen LogP contribution in [-0.2, 0) is 10.8 Å². The van der Waals surface area contributed by atoms with Gasteiger partial charge < -0.3 is 0 Å². The molecule has 1 unspecified atom stereocenters. The maximum Gasteiger partial charge on any atom is 0.175 e. The molecule has 2 aromatic carbocycles. The Morgan fingerprint density at radius 2 is 1.85 bits per heavy atom. The maximum atomic E-state index is 13.1. The summed E-state index contributed by atoms with van der Waals surface area (Å²) in [6.07, 6.45) is 0. The third-order valence-corrected chi connectivity index (χ3v) is 4.06. The summed E-state index contributed by atoms with van der Waals surface area (Å²) in [5, 5.41) is 0. The Labute approximate surface area is 117 Å². The van der Waals surface area contributed by atoms with Crippen molar-refractivity contribution in [1.29, 1.82) is 0 Å². The second-order valence-corrected chi connectivity index (χ2v) is 5.81. The number of carbonyl (C=O) groups excluding carboxylic acids is 1. The molecule has 1 atom stereocenters. The van der Waals surface area contributed by atoms with Gasteiger partial charge in [0.1, 0.15) is 0 Å². The normalized spacial score (nSPS) is 12.2. The molecule has 2 nitrogen and oxygen atoms in total. The predicted octanol–water partition coefficient (Wildman–Crippen LogP) is 3.26. The first-order chi connectivity index (χ1) is 9.47. The number of aryl methyl sites for hydroxylation is 1. The SMILES string of the molecule is Cc1cccc(C(=O)CS(=O)c2ccc(F)c(F)c2)c1. The van der Waals surface area contributed by atoms with Gasteiger partial charge in [-0.25, -0.2) is 8.78 Å². The monoisotopic (exact) mass is 294 g/mol. The van der Waals surface area contributed by atoms with Crippen molar-refractivity contribution in [1.82, 2.24) is 0 Å². The highest BCUT2D eigenvalue weighted by Gasteiger charge is 2.14. The van der Waals surface area contributed by atoms with Crippen molar-refractivity contribution >= 4 is 16.6 Å². The van der Waals surface area contributed by atoms with Crippen molar-refractivity contribution in [2.75, 3.05) is 5.75 Å². The lowest BCUT2D eigenvalue weighted by Gasteiger charge is -2.04. The Hall–Kier alpha value is -1.88. The van der Waals surface area contributed by atoms with E-state index in [2.05, 4.69) is 0 Å². The number of halogens is 2. The van der Waals surface area contributed by atoms with Crippen LogP contribution in [0.25, 0.3) is 0 Å². The Kier molecular flexibility index (Phi) is 4.39. The van der Waals surface area contributed by atoms with E-state index in [0.717, 1.165) is 17.7 Å². The van der Waals surface area contributed by atoms with Gasteiger partial charge in [0.25, 0.3) is 0 Å². The fourth-order valence-corrected chi connectivity index (χ4v) is 2.75. The Morgan fingerprint density at radius 1 is 1.10 bits per heavy atom. The van der Waals surface area contributed by atoms with E-state index in [4.69, 9.17) is 0 Å². The first kappa shape index (κ1) is 14.5. The third kappa shape index (κ3) is 3.36. The average Bonchev–Trinajstić information content (AvgIpc) is 2.41. The summed E-state index contributed by atoms with van der Waals surface area (Å²) in [5.41, 5.74) is 1.38. The lowest BCUT2D eigenvalue weighted by molar-refractivity contribution is 0.102. The summed E-state index contributed by atoms with van der Waals surface area (Å²) < 4.78 is 37.8. The summed E-state index contributed by atoms with van der Waals surface area (Å²) in [6, 6.07) is 9.90. The topological polar surface area (TPSA) is 34.1 Å². The van der Waals surface area contributed by atoms with Gasteiger partial charge in [0.15, 0.2) is 17.4 Å². The van der Waals surface area contributed by atoms with E-state index in [9.17, 15) is 17.8 Å². The van der Waals surface area contributed by atoms with E-state index < -0.39 is 22.4 Å². The molecule has 20 heavy (non-hydrogen) atoms. The zero-order chi connectivity index (χ0) is 14.7. The molecule has 0 spiro atoms. The number of rotatable bonds is 4. The van der Waals surface area contributed by atoms with Gasteiger partial charge in [-0.3, -0.25) is 9.00 Å². The van der Waals surface area contributed by atoms with Crippen LogP contribution in [0.1, 0.15) is 15.9 Å². The Bertz CT molecular complexity index is 683. The highest BCUT2D eigenvalue weighted by Crippen LogP contribution is 2.14. The molecule has 0 bridgehead atoms. The van der Waals surface area contributed by atoms with Crippen LogP contribution in [0.5, 0.6) is 0 Å². The number of benzene rings is 2. The van der Waals surface area contributed by atoms with Gasteiger partial charge in [0.05, 0.1) is 16.6 Å². The Morgan fingerprint density at radius 3 is 2.50 bits per heavy atom. The standard InChI is InChI=1S/C15H12F2O2S/c1-10-3-2-4-11(7-10)15(18)9-20(19)12-5-6-13(16)14(17)8-12/h2-8H,9H2,1H3. The van der Waals surface area contributed by atoms with Crippen LogP contribution in [0.3, 0.4) is 0 Å². The van der Waals surface area contributed by atoms with Crippen molar-refractivity contribution in [2.45, 2.75) is 11.8 Å². The molecular formula is C15H12F2O2S. The lowest BCUT2D eigenvalue weighted by atomic mass is 10.1. The van der Waals surface area contributed by atoms with E-state index in [0.29, 0.717) is 5.56 Å². The van der Waals surface area contributed by atoms with Crippen LogP contribution in [0.2, 0.25) is 0 Å². The summed E-state index contributed by atoms with van der Waals surface area (Å²) >= 11 is 0. The molecule has 0 saturated carbocycles. The second-order valence-electron chi connectivity index (χ2n) is 4.36. The summed E-state index contributed by atoms with van der Waals surface area (Å²) in [6.45, 7) is 1.85. The minimum absolute atomic E-state index is 0.102. The fraction of sp³-hybridized carbons (Fsp3) is 0.133. The third-order valence-electron chi connectivity index (χ3n) is 2.76. The van der Waals surface area contributed by atoms with Crippen molar-refractivity contribution in [3.05, 3.63) is 65.2 Å². The average molecular weight is 294 g/mol. The molecule has 5 heteroatoms.